The Balaban J connectivity index is 2.61. The highest BCUT2D eigenvalue weighted by Crippen LogP contribution is 2.25. The zero-order chi connectivity index (χ0) is 15.6. The van der Waals surface area contributed by atoms with E-state index in [2.05, 4.69) is 18.7 Å². The summed E-state index contributed by atoms with van der Waals surface area (Å²) in [6.45, 7) is 9.32. The first-order valence-corrected chi connectivity index (χ1v) is 7.28. The molecule has 4 heteroatoms. The molecule has 1 heterocycles. The van der Waals surface area contributed by atoms with Gasteiger partial charge in [-0.15, -0.1) is 0 Å². The van der Waals surface area contributed by atoms with Crippen LogP contribution in [-0.2, 0) is 11.2 Å². The third-order valence-corrected chi connectivity index (χ3v) is 3.83. The Labute approximate surface area is 124 Å². The van der Waals surface area contributed by atoms with Crippen molar-refractivity contribution in [2.45, 2.75) is 34.1 Å². The minimum atomic E-state index is -0.410. The van der Waals surface area contributed by atoms with Crippen molar-refractivity contribution in [3.05, 3.63) is 39.7 Å². The predicted octanol–water partition coefficient (Wildman–Crippen LogP) is 3.08. The summed E-state index contributed by atoms with van der Waals surface area (Å²) >= 11 is 0. The zero-order valence-electron chi connectivity index (χ0n) is 13.0. The maximum Gasteiger partial charge on any atom is 0.340 e. The van der Waals surface area contributed by atoms with Crippen molar-refractivity contribution in [3.8, 4) is 0 Å². The molecule has 1 aromatic heterocycles. The van der Waals surface area contributed by atoms with Gasteiger partial charge in [-0.2, -0.15) is 0 Å². The van der Waals surface area contributed by atoms with Gasteiger partial charge in [-0.1, -0.05) is 0 Å². The fraction of sp³-hybridized carbons (Fsp3) is 0.412. The molecule has 21 heavy (non-hydrogen) atoms. The maximum absolute atomic E-state index is 12.1. The number of anilines is 1. The number of Topliss-reactive ketones (excluding diaryl/α,β-unsaturated/α-hetero) is 1. The van der Waals surface area contributed by atoms with Crippen LogP contribution in [0.25, 0.3) is 11.0 Å². The molecule has 112 valence electrons. The topological polar surface area (TPSA) is 50.5 Å². The van der Waals surface area contributed by atoms with Gasteiger partial charge in [0.15, 0.2) is 0 Å². The normalized spacial score (nSPS) is 10.9. The van der Waals surface area contributed by atoms with Crippen molar-refractivity contribution in [2.75, 3.05) is 18.0 Å². The Morgan fingerprint density at radius 2 is 1.90 bits per heavy atom. The molecule has 0 aliphatic rings. The van der Waals surface area contributed by atoms with Crippen molar-refractivity contribution in [2.24, 2.45) is 0 Å². The van der Waals surface area contributed by atoms with Crippen LogP contribution in [0.1, 0.15) is 31.9 Å². The summed E-state index contributed by atoms with van der Waals surface area (Å²) in [6.07, 6.45) is 0.127. The average molecular weight is 287 g/mol. The van der Waals surface area contributed by atoms with E-state index in [9.17, 15) is 9.59 Å². The lowest BCUT2D eigenvalue weighted by Crippen LogP contribution is -2.21. The molecule has 0 atom stereocenters. The van der Waals surface area contributed by atoms with E-state index in [1.54, 1.807) is 0 Å². The quantitative estimate of drug-likeness (QED) is 0.793. The van der Waals surface area contributed by atoms with Crippen molar-refractivity contribution < 1.29 is 9.21 Å². The average Bonchev–Trinajstić information content (AvgIpc) is 2.44. The molecule has 4 nitrogen and oxygen atoms in total. The van der Waals surface area contributed by atoms with Gasteiger partial charge in [0.25, 0.3) is 0 Å². The van der Waals surface area contributed by atoms with Gasteiger partial charge < -0.3 is 9.32 Å². The van der Waals surface area contributed by atoms with E-state index >= 15 is 0 Å². The van der Waals surface area contributed by atoms with Gasteiger partial charge in [-0.05, 0) is 45.4 Å². The summed E-state index contributed by atoms with van der Waals surface area (Å²) in [5, 5.41) is 0.891. The third kappa shape index (κ3) is 2.99. The molecule has 0 bridgehead atoms. The van der Waals surface area contributed by atoms with E-state index in [1.165, 1.54) is 6.92 Å². The molecule has 0 amide bonds. The fourth-order valence-corrected chi connectivity index (χ4v) is 2.62. The van der Waals surface area contributed by atoms with Gasteiger partial charge in [-0.3, -0.25) is 4.79 Å². The molecule has 0 aliphatic carbocycles. The predicted molar refractivity (Wildman–Crippen MR) is 85.2 cm³/mol. The number of fused-ring (bicyclic) bond motifs is 1. The van der Waals surface area contributed by atoms with Crippen LogP contribution >= 0.6 is 0 Å². The second kappa shape index (κ2) is 6.12. The lowest BCUT2D eigenvalue weighted by atomic mass is 10.0. The molecule has 1 aromatic carbocycles. The molecule has 0 fully saturated rings. The highest BCUT2D eigenvalue weighted by molar-refractivity contribution is 5.86. The van der Waals surface area contributed by atoms with Crippen molar-refractivity contribution in [3.63, 3.8) is 0 Å². The second-order valence-corrected chi connectivity index (χ2v) is 5.22. The summed E-state index contributed by atoms with van der Waals surface area (Å²) < 4.78 is 5.42. The summed E-state index contributed by atoms with van der Waals surface area (Å²) in [6, 6.07) is 5.89. The van der Waals surface area contributed by atoms with Gasteiger partial charge >= 0.3 is 5.63 Å². The van der Waals surface area contributed by atoms with Crippen LogP contribution in [0.15, 0.2) is 27.4 Å². The highest BCUT2D eigenvalue weighted by Gasteiger charge is 2.14. The van der Waals surface area contributed by atoms with Crippen LogP contribution in [0.2, 0.25) is 0 Å². The minimum Gasteiger partial charge on any atom is -0.422 e. The summed E-state index contributed by atoms with van der Waals surface area (Å²) in [7, 11) is 0. The SMILES string of the molecule is CCN(CC)c1ccc2c(C)c(CC(C)=O)c(=O)oc2c1. The zero-order valence-corrected chi connectivity index (χ0v) is 13.0. The Bertz CT molecular complexity index is 727. The number of carbonyl (C=O) groups is 1. The van der Waals surface area contributed by atoms with Crippen LogP contribution in [0.5, 0.6) is 0 Å². The molecule has 0 radical (unpaired) electrons. The van der Waals surface area contributed by atoms with Crippen LogP contribution in [0, 0.1) is 6.92 Å². The fourth-order valence-electron chi connectivity index (χ4n) is 2.62. The van der Waals surface area contributed by atoms with E-state index < -0.39 is 5.63 Å². The molecule has 0 saturated heterocycles. The van der Waals surface area contributed by atoms with Gasteiger partial charge in [0.2, 0.25) is 0 Å². The smallest absolute Gasteiger partial charge is 0.340 e. The first-order chi connectivity index (χ1) is 9.97. The number of nitrogens with zero attached hydrogens (tertiary/aromatic N) is 1. The summed E-state index contributed by atoms with van der Waals surface area (Å²) in [5.41, 5.74) is 2.50. The van der Waals surface area contributed by atoms with E-state index in [0.29, 0.717) is 11.1 Å². The number of hydrogen-bond donors (Lipinski definition) is 0. The monoisotopic (exact) mass is 287 g/mol. The molecule has 0 aliphatic heterocycles. The van der Waals surface area contributed by atoms with Crippen molar-refractivity contribution in [1.82, 2.24) is 0 Å². The van der Waals surface area contributed by atoms with Crippen LogP contribution < -0.4 is 10.5 Å². The number of rotatable bonds is 5. The molecular weight excluding hydrogens is 266 g/mol. The van der Waals surface area contributed by atoms with E-state index in [4.69, 9.17) is 4.42 Å². The highest BCUT2D eigenvalue weighted by atomic mass is 16.4. The molecule has 2 rings (SSSR count). The number of hydrogen-bond acceptors (Lipinski definition) is 4. The van der Waals surface area contributed by atoms with E-state index in [-0.39, 0.29) is 12.2 Å². The molecular formula is C17H21NO3. The molecule has 0 N–H and O–H groups in total. The lowest BCUT2D eigenvalue weighted by molar-refractivity contribution is -0.116. The van der Waals surface area contributed by atoms with Crippen molar-refractivity contribution >= 4 is 22.4 Å². The molecule has 2 aromatic rings. The Morgan fingerprint density at radius 3 is 2.48 bits per heavy atom. The van der Waals surface area contributed by atoms with Crippen molar-refractivity contribution in [1.29, 1.82) is 0 Å². The van der Waals surface area contributed by atoms with E-state index in [1.807, 2.05) is 25.1 Å². The van der Waals surface area contributed by atoms with Crippen LogP contribution in [0.3, 0.4) is 0 Å². The Hall–Kier alpha value is -2.10. The van der Waals surface area contributed by atoms with Gasteiger partial charge in [0.1, 0.15) is 11.4 Å². The molecule has 0 unspecified atom stereocenters. The second-order valence-electron chi connectivity index (χ2n) is 5.22. The lowest BCUT2D eigenvalue weighted by Gasteiger charge is -2.21. The van der Waals surface area contributed by atoms with Crippen LogP contribution in [0.4, 0.5) is 5.69 Å². The molecule has 0 saturated carbocycles. The minimum absolute atomic E-state index is 0.0375. The number of ketones is 1. The first-order valence-electron chi connectivity index (χ1n) is 7.28. The largest absolute Gasteiger partial charge is 0.422 e. The number of carbonyl (C=O) groups excluding carboxylic acids is 1. The number of benzene rings is 1. The third-order valence-electron chi connectivity index (χ3n) is 3.83. The molecule has 0 spiro atoms. The van der Waals surface area contributed by atoms with E-state index in [0.717, 1.165) is 29.7 Å². The van der Waals surface area contributed by atoms with Gasteiger partial charge in [0, 0.05) is 42.2 Å². The maximum atomic E-state index is 12.1. The van der Waals surface area contributed by atoms with Gasteiger partial charge in [0.05, 0.1) is 0 Å². The first kappa shape index (κ1) is 15.3. The Kier molecular flexibility index (Phi) is 4.46. The van der Waals surface area contributed by atoms with Gasteiger partial charge in [-0.25, -0.2) is 4.79 Å². The standard InChI is InChI=1S/C17H21NO3/c1-5-18(6-2)13-7-8-14-12(4)15(9-11(3)19)17(20)21-16(14)10-13/h7-8,10H,5-6,9H2,1-4H3. The summed E-state index contributed by atoms with van der Waals surface area (Å²) in [5.74, 6) is -0.0375. The number of aryl methyl sites for hydroxylation is 1. The van der Waals surface area contributed by atoms with Crippen LogP contribution in [-0.4, -0.2) is 18.9 Å². The Morgan fingerprint density at radius 1 is 1.24 bits per heavy atom. The summed E-state index contributed by atoms with van der Waals surface area (Å²) in [4.78, 5) is 25.6.